The summed E-state index contributed by atoms with van der Waals surface area (Å²) in [5.41, 5.74) is 3.62. The molecule has 2 aromatic carbocycles. The van der Waals surface area contributed by atoms with Crippen LogP contribution in [-0.2, 0) is 6.42 Å². The molecule has 0 fully saturated rings. The van der Waals surface area contributed by atoms with Crippen LogP contribution in [0.25, 0.3) is 10.9 Å². The van der Waals surface area contributed by atoms with Gasteiger partial charge in [0.25, 0.3) is 0 Å². The number of carbonyl (C=O) groups is 1. The molecule has 3 rings (SSSR count). The van der Waals surface area contributed by atoms with Gasteiger partial charge in [0.2, 0.25) is 0 Å². The average Bonchev–Trinajstić information content (AvgIpc) is 2.86. The number of aromatic nitrogens is 1. The topological polar surface area (TPSA) is 76.6 Å². The van der Waals surface area contributed by atoms with Crippen molar-refractivity contribution in [2.24, 2.45) is 0 Å². The standard InChI is InChI=1S/C18H18N2O3/c1-20(2)16-6-4-3-5-11(16)9-14-13-10-12(21)7-8-15(13)19-17(14)18(22)23/h3-8,10,19,21H,9H2,1-2H3,(H,22,23). The number of fused-ring (bicyclic) bond motifs is 1. The number of rotatable bonds is 4. The number of aromatic hydroxyl groups is 1. The van der Waals surface area contributed by atoms with Gasteiger partial charge in [-0.15, -0.1) is 0 Å². The zero-order valence-corrected chi connectivity index (χ0v) is 13.0. The van der Waals surface area contributed by atoms with Gasteiger partial charge in [-0.25, -0.2) is 4.79 Å². The van der Waals surface area contributed by atoms with Crippen LogP contribution in [0.1, 0.15) is 21.6 Å². The molecule has 23 heavy (non-hydrogen) atoms. The van der Waals surface area contributed by atoms with Gasteiger partial charge in [0.1, 0.15) is 11.4 Å². The Balaban J connectivity index is 2.18. The number of hydrogen-bond acceptors (Lipinski definition) is 3. The van der Waals surface area contributed by atoms with Crippen molar-refractivity contribution in [1.29, 1.82) is 0 Å². The van der Waals surface area contributed by atoms with E-state index in [9.17, 15) is 15.0 Å². The molecule has 0 spiro atoms. The number of benzene rings is 2. The SMILES string of the molecule is CN(C)c1ccccc1Cc1c(C(=O)O)[nH]c2ccc(O)cc12. The molecular formula is C18H18N2O3. The number of nitrogens with zero attached hydrogens (tertiary/aromatic N) is 1. The molecule has 0 aliphatic rings. The maximum atomic E-state index is 11.6. The Hall–Kier alpha value is -2.95. The molecular weight excluding hydrogens is 292 g/mol. The number of carboxylic acid groups (broad SMARTS) is 1. The summed E-state index contributed by atoms with van der Waals surface area (Å²) >= 11 is 0. The van der Waals surface area contributed by atoms with Crippen molar-refractivity contribution in [2.45, 2.75) is 6.42 Å². The van der Waals surface area contributed by atoms with Crippen LogP contribution >= 0.6 is 0 Å². The van der Waals surface area contributed by atoms with Gasteiger partial charge in [-0.2, -0.15) is 0 Å². The number of phenols is 1. The van der Waals surface area contributed by atoms with Crippen LogP contribution in [0.15, 0.2) is 42.5 Å². The Kier molecular flexibility index (Phi) is 3.70. The first-order chi connectivity index (χ1) is 11.0. The third-order valence-corrected chi connectivity index (χ3v) is 3.94. The van der Waals surface area contributed by atoms with Crippen LogP contribution in [0.3, 0.4) is 0 Å². The van der Waals surface area contributed by atoms with E-state index in [4.69, 9.17) is 0 Å². The Morgan fingerprint density at radius 2 is 1.91 bits per heavy atom. The third kappa shape index (κ3) is 2.73. The van der Waals surface area contributed by atoms with Crippen molar-refractivity contribution >= 4 is 22.6 Å². The lowest BCUT2D eigenvalue weighted by molar-refractivity contribution is 0.0690. The third-order valence-electron chi connectivity index (χ3n) is 3.94. The minimum atomic E-state index is -1.00. The van der Waals surface area contributed by atoms with Crippen LogP contribution in [0.4, 0.5) is 5.69 Å². The first-order valence-electron chi connectivity index (χ1n) is 7.29. The first kappa shape index (κ1) is 15.0. The number of H-pyrrole nitrogens is 1. The minimum absolute atomic E-state index is 0.121. The summed E-state index contributed by atoms with van der Waals surface area (Å²) in [6, 6.07) is 12.7. The van der Waals surface area contributed by atoms with Crippen molar-refractivity contribution in [3.05, 3.63) is 59.3 Å². The number of para-hydroxylation sites is 1. The second kappa shape index (κ2) is 5.68. The van der Waals surface area contributed by atoms with E-state index >= 15 is 0 Å². The largest absolute Gasteiger partial charge is 0.508 e. The van der Waals surface area contributed by atoms with E-state index in [1.807, 2.05) is 43.3 Å². The smallest absolute Gasteiger partial charge is 0.352 e. The van der Waals surface area contributed by atoms with Crippen LogP contribution < -0.4 is 4.90 Å². The molecule has 0 atom stereocenters. The molecule has 1 aromatic heterocycles. The number of carboxylic acids is 1. The summed E-state index contributed by atoms with van der Waals surface area (Å²) in [6.07, 6.45) is 0.472. The summed E-state index contributed by atoms with van der Waals surface area (Å²) in [5.74, 6) is -0.881. The van der Waals surface area contributed by atoms with E-state index in [-0.39, 0.29) is 11.4 Å². The van der Waals surface area contributed by atoms with Crippen molar-refractivity contribution in [1.82, 2.24) is 4.98 Å². The lowest BCUT2D eigenvalue weighted by Crippen LogP contribution is -2.12. The Labute approximate surface area is 133 Å². The molecule has 0 unspecified atom stereocenters. The van der Waals surface area contributed by atoms with Crippen molar-refractivity contribution in [3.63, 3.8) is 0 Å². The minimum Gasteiger partial charge on any atom is -0.508 e. The van der Waals surface area contributed by atoms with Crippen LogP contribution in [0.2, 0.25) is 0 Å². The second-order valence-corrected chi connectivity index (χ2v) is 5.71. The van der Waals surface area contributed by atoms with Crippen LogP contribution in [-0.4, -0.2) is 35.3 Å². The highest BCUT2D eigenvalue weighted by atomic mass is 16.4. The quantitative estimate of drug-likeness (QED) is 0.691. The zero-order chi connectivity index (χ0) is 16.6. The van der Waals surface area contributed by atoms with Crippen molar-refractivity contribution in [3.8, 4) is 5.75 Å². The predicted molar refractivity (Wildman–Crippen MR) is 90.5 cm³/mol. The molecule has 118 valence electrons. The maximum absolute atomic E-state index is 11.6. The van der Waals surface area contributed by atoms with Gasteiger partial charge in [-0.05, 0) is 35.4 Å². The molecule has 5 heteroatoms. The molecule has 0 saturated carbocycles. The van der Waals surface area contributed by atoms with Gasteiger partial charge in [0, 0.05) is 37.1 Å². The summed E-state index contributed by atoms with van der Waals surface area (Å²) in [6.45, 7) is 0. The molecule has 3 aromatic rings. The van der Waals surface area contributed by atoms with E-state index in [1.165, 1.54) is 0 Å². The van der Waals surface area contributed by atoms with E-state index in [2.05, 4.69) is 4.98 Å². The lowest BCUT2D eigenvalue weighted by atomic mass is 9.99. The first-order valence-corrected chi connectivity index (χ1v) is 7.29. The molecule has 0 bridgehead atoms. The maximum Gasteiger partial charge on any atom is 0.352 e. The van der Waals surface area contributed by atoms with Crippen LogP contribution in [0, 0.1) is 0 Å². The summed E-state index contributed by atoms with van der Waals surface area (Å²) in [5, 5.41) is 20.0. The zero-order valence-electron chi connectivity index (χ0n) is 13.0. The molecule has 5 nitrogen and oxygen atoms in total. The number of anilines is 1. The monoisotopic (exact) mass is 310 g/mol. The number of phenolic OH excluding ortho intramolecular Hbond substituents is 1. The Bertz CT molecular complexity index is 881. The second-order valence-electron chi connectivity index (χ2n) is 5.71. The van der Waals surface area contributed by atoms with E-state index in [0.717, 1.165) is 16.6 Å². The number of hydrogen-bond donors (Lipinski definition) is 3. The van der Waals surface area contributed by atoms with Gasteiger partial charge in [0.15, 0.2) is 0 Å². The molecule has 0 aliphatic heterocycles. The van der Waals surface area contributed by atoms with Gasteiger partial charge in [-0.3, -0.25) is 0 Å². The van der Waals surface area contributed by atoms with Gasteiger partial charge >= 0.3 is 5.97 Å². The number of aromatic carboxylic acids is 1. The van der Waals surface area contributed by atoms with Crippen LogP contribution in [0.5, 0.6) is 5.75 Å². The summed E-state index contributed by atoms with van der Waals surface area (Å²) < 4.78 is 0. The highest BCUT2D eigenvalue weighted by Crippen LogP contribution is 2.30. The van der Waals surface area contributed by atoms with E-state index in [1.54, 1.807) is 18.2 Å². The highest BCUT2D eigenvalue weighted by Gasteiger charge is 2.19. The van der Waals surface area contributed by atoms with Crippen molar-refractivity contribution in [2.75, 3.05) is 19.0 Å². The van der Waals surface area contributed by atoms with Gasteiger partial charge in [-0.1, -0.05) is 18.2 Å². The Morgan fingerprint density at radius 1 is 1.17 bits per heavy atom. The lowest BCUT2D eigenvalue weighted by Gasteiger charge is -2.17. The molecule has 1 heterocycles. The Morgan fingerprint density at radius 3 is 2.61 bits per heavy atom. The number of aromatic amines is 1. The highest BCUT2D eigenvalue weighted by molar-refractivity contribution is 5.98. The molecule has 0 amide bonds. The normalized spacial score (nSPS) is 10.9. The fourth-order valence-corrected chi connectivity index (χ4v) is 2.89. The van der Waals surface area contributed by atoms with Gasteiger partial charge in [0.05, 0.1) is 0 Å². The molecule has 3 N–H and O–H groups in total. The van der Waals surface area contributed by atoms with Crippen molar-refractivity contribution < 1.29 is 15.0 Å². The fourth-order valence-electron chi connectivity index (χ4n) is 2.89. The summed E-state index contributed by atoms with van der Waals surface area (Å²) in [4.78, 5) is 16.5. The fraction of sp³-hybridized carbons (Fsp3) is 0.167. The summed E-state index contributed by atoms with van der Waals surface area (Å²) in [7, 11) is 3.91. The molecule has 0 radical (unpaired) electrons. The average molecular weight is 310 g/mol. The van der Waals surface area contributed by atoms with E-state index < -0.39 is 5.97 Å². The number of nitrogens with one attached hydrogen (secondary N) is 1. The predicted octanol–water partition coefficient (Wildman–Crippen LogP) is 3.23. The molecule has 0 saturated heterocycles. The van der Waals surface area contributed by atoms with Gasteiger partial charge < -0.3 is 20.1 Å². The molecule has 0 aliphatic carbocycles. The van der Waals surface area contributed by atoms with E-state index in [0.29, 0.717) is 17.5 Å².